The van der Waals surface area contributed by atoms with Crippen LogP contribution in [0.25, 0.3) is 0 Å². The number of ether oxygens (including phenoxy) is 2. The van der Waals surface area contributed by atoms with E-state index in [1.807, 2.05) is 10.3 Å². The van der Waals surface area contributed by atoms with Gasteiger partial charge < -0.3 is 25.0 Å². The zero-order valence-corrected chi connectivity index (χ0v) is 30.9. The Hall–Kier alpha value is -2.96. The fourth-order valence-corrected chi connectivity index (χ4v) is 8.74. The second-order valence-corrected chi connectivity index (χ2v) is 14.9. The molecule has 3 heterocycles. The summed E-state index contributed by atoms with van der Waals surface area (Å²) >= 11 is 15.0. The number of nitrogens with zero attached hydrogens (tertiary/aromatic N) is 3. The Kier molecular flexibility index (Phi) is 13.2. The smallest absolute Gasteiger partial charge is 0.336 e. The van der Waals surface area contributed by atoms with Crippen molar-refractivity contribution < 1.29 is 23.9 Å². The maximum atomic E-state index is 14.0. The number of aromatic nitrogens is 1. The zero-order valence-electron chi connectivity index (χ0n) is 28.6. The molecule has 2 N–H and O–H groups in total. The highest BCUT2D eigenvalue weighted by Gasteiger charge is 2.42. The number of carbonyl (C=O) groups is 3. The van der Waals surface area contributed by atoms with Gasteiger partial charge >= 0.3 is 11.9 Å². The number of methoxy groups -OCH3 is 2. The molecule has 13 heteroatoms. The van der Waals surface area contributed by atoms with Crippen molar-refractivity contribution in [1.82, 2.24) is 25.4 Å². The first kappa shape index (κ1) is 37.3. The summed E-state index contributed by atoms with van der Waals surface area (Å²) in [7, 11) is 2.56. The van der Waals surface area contributed by atoms with Crippen LogP contribution in [0, 0.1) is 5.41 Å². The summed E-state index contributed by atoms with van der Waals surface area (Å²) in [6.45, 7) is 7.96. The van der Waals surface area contributed by atoms with Crippen LogP contribution in [0.15, 0.2) is 52.3 Å². The molecule has 10 nitrogen and oxygen atoms in total. The predicted octanol–water partition coefficient (Wildman–Crippen LogP) is 5.72. The van der Waals surface area contributed by atoms with Gasteiger partial charge in [0.05, 0.1) is 42.7 Å². The van der Waals surface area contributed by atoms with E-state index < -0.39 is 17.9 Å². The van der Waals surface area contributed by atoms with Crippen LogP contribution < -0.4 is 10.6 Å². The topological polar surface area (TPSA) is 113 Å². The third-order valence-corrected chi connectivity index (χ3v) is 11.5. The molecule has 2 fully saturated rings. The van der Waals surface area contributed by atoms with Gasteiger partial charge in [-0.15, -0.1) is 11.3 Å². The van der Waals surface area contributed by atoms with E-state index >= 15 is 0 Å². The Morgan fingerprint density at radius 1 is 0.980 bits per heavy atom. The Morgan fingerprint density at radius 3 is 2.22 bits per heavy atom. The maximum Gasteiger partial charge on any atom is 0.336 e. The molecule has 49 heavy (non-hydrogen) atoms. The molecule has 3 aliphatic rings. The number of thiazole rings is 1. The van der Waals surface area contributed by atoms with Crippen LogP contribution in [0.2, 0.25) is 10.0 Å². The van der Waals surface area contributed by atoms with Gasteiger partial charge in [-0.05, 0) is 43.4 Å². The van der Waals surface area contributed by atoms with Gasteiger partial charge in [-0.3, -0.25) is 9.69 Å². The summed E-state index contributed by atoms with van der Waals surface area (Å²) < 4.78 is 10.5. The summed E-state index contributed by atoms with van der Waals surface area (Å²) in [5.41, 5.74) is 1.81. The van der Waals surface area contributed by atoms with Gasteiger partial charge in [0, 0.05) is 84.3 Å². The van der Waals surface area contributed by atoms with Crippen molar-refractivity contribution in [2.75, 3.05) is 60.0 Å². The molecule has 1 aliphatic carbocycles. The number of halogens is 2. The summed E-state index contributed by atoms with van der Waals surface area (Å²) in [6.07, 6.45) is 8.84. The molecular formula is C36H47Cl2N5O5S. The summed E-state index contributed by atoms with van der Waals surface area (Å²) in [6, 6.07) is 5.01. The van der Waals surface area contributed by atoms with Crippen LogP contribution in [0.5, 0.6) is 0 Å². The first-order valence-electron chi connectivity index (χ1n) is 17.1. The van der Waals surface area contributed by atoms with Gasteiger partial charge in [0.2, 0.25) is 5.91 Å². The average Bonchev–Trinajstić information content (AvgIpc) is 3.64. The highest BCUT2D eigenvalue weighted by Crippen LogP contribution is 2.46. The Morgan fingerprint density at radius 2 is 1.63 bits per heavy atom. The number of rotatable bonds is 13. The van der Waals surface area contributed by atoms with Gasteiger partial charge in [-0.25, -0.2) is 14.6 Å². The van der Waals surface area contributed by atoms with Crippen molar-refractivity contribution >= 4 is 52.4 Å². The molecule has 266 valence electrons. The monoisotopic (exact) mass is 731 g/mol. The number of hydrogen-bond donors (Lipinski definition) is 2. The largest absolute Gasteiger partial charge is 0.466 e. The average molecular weight is 733 g/mol. The number of hydrogen-bond acceptors (Lipinski definition) is 10. The number of nitrogens with one attached hydrogen (secondary N) is 2. The number of benzene rings is 1. The van der Waals surface area contributed by atoms with Crippen molar-refractivity contribution in [3.8, 4) is 0 Å². The first-order valence-corrected chi connectivity index (χ1v) is 18.8. The molecule has 1 saturated heterocycles. The molecule has 5 rings (SSSR count). The quantitative estimate of drug-likeness (QED) is 0.250. The summed E-state index contributed by atoms with van der Waals surface area (Å²) in [4.78, 5) is 50.0. The van der Waals surface area contributed by atoms with Gasteiger partial charge in [-0.2, -0.15) is 0 Å². The van der Waals surface area contributed by atoms with Gasteiger partial charge in [0.15, 0.2) is 0 Å². The fourth-order valence-electron chi connectivity index (χ4n) is 7.51. The van der Waals surface area contributed by atoms with Crippen molar-refractivity contribution in [1.29, 1.82) is 0 Å². The molecule has 1 atom stereocenters. The highest BCUT2D eigenvalue weighted by molar-refractivity contribution is 7.09. The zero-order chi connectivity index (χ0) is 35.0. The van der Waals surface area contributed by atoms with E-state index in [0.29, 0.717) is 42.9 Å². The van der Waals surface area contributed by atoms with E-state index in [1.165, 1.54) is 57.7 Å². The molecule has 0 bridgehead atoms. The van der Waals surface area contributed by atoms with Crippen LogP contribution in [-0.4, -0.2) is 92.7 Å². The molecule has 1 unspecified atom stereocenters. The minimum atomic E-state index is -1.03. The molecule has 0 radical (unpaired) electrons. The lowest BCUT2D eigenvalue weighted by Gasteiger charge is -2.44. The van der Waals surface area contributed by atoms with Crippen LogP contribution in [0.3, 0.4) is 0 Å². The number of dihydropyridines is 1. The molecule has 2 aromatic rings. The van der Waals surface area contributed by atoms with E-state index in [-0.39, 0.29) is 38.9 Å². The van der Waals surface area contributed by atoms with Gasteiger partial charge in [0.25, 0.3) is 0 Å². The maximum absolute atomic E-state index is 14.0. The molecule has 0 spiro atoms. The normalized spacial score (nSPS) is 19.9. The molecule has 1 aromatic carbocycles. The standard InChI is InChI=1S/C36H47Cl2N5O5S/c1-4-39-22-36(13-6-5-7-14-36)23-42-16-18-43(19-17-42)29(44)21-27-32(35(46)48-3)33(30-24(37)9-8-10-25(30)38)31(34(45)47-2)26(41-27)11-12-28-40-15-20-49-28/h8-10,15,20,33,39,41H,4-7,11-14,16-19,21-23H2,1-3H3. The molecule has 1 aromatic heterocycles. The molecule has 2 aliphatic heterocycles. The third-order valence-electron chi connectivity index (χ3n) is 9.98. The van der Waals surface area contributed by atoms with Crippen molar-refractivity contribution in [2.45, 2.75) is 64.2 Å². The first-order chi connectivity index (χ1) is 23.7. The number of aryl methyl sites for hydroxylation is 1. The van der Waals surface area contributed by atoms with Crippen molar-refractivity contribution in [3.63, 3.8) is 0 Å². The van der Waals surface area contributed by atoms with E-state index in [4.69, 9.17) is 32.7 Å². The molecular weight excluding hydrogens is 685 g/mol. The Bertz CT molecular complexity index is 1530. The predicted molar refractivity (Wildman–Crippen MR) is 193 cm³/mol. The van der Waals surface area contributed by atoms with E-state index in [9.17, 15) is 14.4 Å². The lowest BCUT2D eigenvalue weighted by Crippen LogP contribution is -2.53. The van der Waals surface area contributed by atoms with Crippen LogP contribution in [0.4, 0.5) is 0 Å². The SMILES string of the molecule is CCNCC1(CN2CCN(C(=O)CC3=C(C(=O)OC)C(c4c(Cl)cccc4Cl)C(C(=O)OC)=C(CCc4nccs4)N3)CC2)CCCCC1. The minimum Gasteiger partial charge on any atom is -0.466 e. The van der Waals surface area contributed by atoms with E-state index in [0.717, 1.165) is 37.7 Å². The molecule has 1 amide bonds. The second-order valence-electron chi connectivity index (χ2n) is 13.1. The lowest BCUT2D eigenvalue weighted by molar-refractivity contribution is -0.137. The highest BCUT2D eigenvalue weighted by atomic mass is 35.5. The van der Waals surface area contributed by atoms with E-state index in [1.54, 1.807) is 24.4 Å². The second kappa shape index (κ2) is 17.3. The van der Waals surface area contributed by atoms with Crippen molar-refractivity contribution in [2.24, 2.45) is 5.41 Å². The summed E-state index contributed by atoms with van der Waals surface area (Å²) in [5.74, 6) is -2.49. The number of carbonyl (C=O) groups excluding carboxylic acids is 3. The van der Waals surface area contributed by atoms with Gasteiger partial charge in [-0.1, -0.05) is 55.5 Å². The minimum absolute atomic E-state index is 0.0947. The Labute approximate surface area is 303 Å². The number of allylic oxidation sites excluding steroid dienone is 1. The third kappa shape index (κ3) is 8.86. The summed E-state index contributed by atoms with van der Waals surface area (Å²) in [5, 5.41) is 10.2. The fraction of sp³-hybridized carbons (Fsp3) is 0.556. The van der Waals surface area contributed by atoms with Crippen LogP contribution in [-0.2, 0) is 30.3 Å². The number of amides is 1. The Balaban J connectivity index is 1.43. The number of esters is 2. The molecule has 1 saturated carbocycles. The van der Waals surface area contributed by atoms with Crippen LogP contribution >= 0.6 is 34.5 Å². The number of piperazine rings is 1. The van der Waals surface area contributed by atoms with Crippen LogP contribution in [0.1, 0.15) is 68.4 Å². The lowest BCUT2D eigenvalue weighted by atomic mass is 9.73. The van der Waals surface area contributed by atoms with Gasteiger partial charge in [0.1, 0.15) is 0 Å². The van der Waals surface area contributed by atoms with Crippen molar-refractivity contribution in [3.05, 3.63) is 72.9 Å². The van der Waals surface area contributed by atoms with E-state index in [2.05, 4.69) is 27.4 Å².